The van der Waals surface area contributed by atoms with E-state index in [-0.39, 0.29) is 38.6 Å². The number of nitro benzene ring substituents is 1. The van der Waals surface area contributed by atoms with Crippen LogP contribution in [-0.4, -0.2) is 36.7 Å². The predicted molar refractivity (Wildman–Crippen MR) is 116 cm³/mol. The summed E-state index contributed by atoms with van der Waals surface area (Å²) in [6.45, 7) is -0.0229. The Bertz CT molecular complexity index is 1360. The lowest BCUT2D eigenvalue weighted by Crippen LogP contribution is -2.28. The van der Waals surface area contributed by atoms with E-state index >= 15 is 0 Å². The van der Waals surface area contributed by atoms with Crippen molar-refractivity contribution in [2.24, 2.45) is 5.92 Å². The number of nitro groups is 1. The van der Waals surface area contributed by atoms with Gasteiger partial charge in [0.15, 0.2) is 5.13 Å². The summed E-state index contributed by atoms with van der Waals surface area (Å²) in [6.07, 6.45) is 0.946. The molecule has 2 heterocycles. The third kappa shape index (κ3) is 4.45. The number of halogens is 1. The fourth-order valence-corrected chi connectivity index (χ4v) is 5.73. The molecule has 1 aliphatic rings. The number of anilines is 2. The van der Waals surface area contributed by atoms with Gasteiger partial charge in [-0.15, -0.1) is 0 Å². The molecular formula is C20H15FN4O6S2. The van der Waals surface area contributed by atoms with Crippen LogP contribution in [0.1, 0.15) is 6.42 Å². The molecule has 170 valence electrons. The Morgan fingerprint density at radius 2 is 1.91 bits per heavy atom. The third-order valence-corrected chi connectivity index (χ3v) is 8.12. The summed E-state index contributed by atoms with van der Waals surface area (Å²) >= 11 is 0.709. The van der Waals surface area contributed by atoms with Crippen molar-refractivity contribution in [2.45, 2.75) is 15.5 Å². The lowest BCUT2D eigenvalue weighted by atomic mass is 10.1. The highest BCUT2D eigenvalue weighted by molar-refractivity contribution is 7.93. The van der Waals surface area contributed by atoms with Gasteiger partial charge in [-0.05, 0) is 24.3 Å². The first-order chi connectivity index (χ1) is 15.7. The lowest BCUT2D eigenvalue weighted by Gasteiger charge is -2.17. The summed E-state index contributed by atoms with van der Waals surface area (Å²) in [5.74, 6) is -2.29. The van der Waals surface area contributed by atoms with Crippen LogP contribution in [0.2, 0.25) is 0 Å². The van der Waals surface area contributed by atoms with Gasteiger partial charge in [-0.3, -0.25) is 19.7 Å². The van der Waals surface area contributed by atoms with Gasteiger partial charge >= 0.3 is 0 Å². The second-order valence-corrected chi connectivity index (χ2v) is 10.3. The number of hydrogen-bond donors (Lipinski definition) is 1. The highest BCUT2D eigenvalue weighted by Crippen LogP contribution is 2.31. The van der Waals surface area contributed by atoms with Crippen LogP contribution in [0.5, 0.6) is 0 Å². The maximum atomic E-state index is 14.0. The highest BCUT2D eigenvalue weighted by Gasteiger charge is 2.36. The Kier molecular flexibility index (Phi) is 5.91. The van der Waals surface area contributed by atoms with E-state index in [9.17, 15) is 32.5 Å². The van der Waals surface area contributed by atoms with Gasteiger partial charge in [0, 0.05) is 25.1 Å². The molecule has 1 atom stereocenters. The maximum Gasteiger partial charge on any atom is 0.269 e. The topological polar surface area (TPSA) is 140 Å². The van der Waals surface area contributed by atoms with Crippen LogP contribution in [0.4, 0.5) is 20.9 Å². The van der Waals surface area contributed by atoms with Crippen molar-refractivity contribution < 1.29 is 27.3 Å². The fraction of sp³-hybridized carbons (Fsp3) is 0.150. The summed E-state index contributed by atoms with van der Waals surface area (Å²) in [4.78, 5) is 40.0. The second-order valence-electron chi connectivity index (χ2n) is 7.08. The van der Waals surface area contributed by atoms with E-state index in [1.807, 2.05) is 0 Å². The second kappa shape index (κ2) is 8.67. The Labute approximate surface area is 190 Å². The molecule has 0 aliphatic carbocycles. The maximum absolute atomic E-state index is 14.0. The molecule has 0 radical (unpaired) electrons. The molecule has 3 aromatic rings. The van der Waals surface area contributed by atoms with Crippen LogP contribution < -0.4 is 10.2 Å². The lowest BCUT2D eigenvalue weighted by molar-refractivity contribution is -0.384. The number of nitrogens with zero attached hydrogens (tertiary/aromatic N) is 3. The molecule has 2 amide bonds. The zero-order chi connectivity index (χ0) is 23.8. The molecule has 1 aliphatic heterocycles. The number of hydrogen-bond acceptors (Lipinski definition) is 8. The largest absolute Gasteiger partial charge is 0.309 e. The van der Waals surface area contributed by atoms with Gasteiger partial charge < -0.3 is 10.2 Å². The van der Waals surface area contributed by atoms with E-state index < -0.39 is 38.3 Å². The van der Waals surface area contributed by atoms with Crippen molar-refractivity contribution in [1.82, 2.24) is 4.98 Å². The van der Waals surface area contributed by atoms with Crippen molar-refractivity contribution in [3.05, 3.63) is 70.7 Å². The van der Waals surface area contributed by atoms with Crippen LogP contribution in [-0.2, 0) is 19.4 Å². The predicted octanol–water partition coefficient (Wildman–Crippen LogP) is 3.01. The van der Waals surface area contributed by atoms with E-state index in [0.717, 1.165) is 30.5 Å². The van der Waals surface area contributed by atoms with Crippen LogP contribution in [0.25, 0.3) is 0 Å². The number of nitrogens with one attached hydrogen (secondary N) is 1. The first kappa shape index (κ1) is 22.5. The number of aromatic nitrogens is 1. The van der Waals surface area contributed by atoms with E-state index in [1.54, 1.807) is 6.07 Å². The van der Waals surface area contributed by atoms with Crippen molar-refractivity contribution in [3.8, 4) is 0 Å². The van der Waals surface area contributed by atoms with Crippen molar-refractivity contribution in [2.75, 3.05) is 16.8 Å². The minimum atomic E-state index is -4.00. The molecule has 0 saturated carbocycles. The summed E-state index contributed by atoms with van der Waals surface area (Å²) < 4.78 is 39.3. The van der Waals surface area contributed by atoms with Gasteiger partial charge in [-0.2, -0.15) is 0 Å². The van der Waals surface area contributed by atoms with Crippen molar-refractivity contribution in [3.63, 3.8) is 0 Å². The molecule has 33 heavy (non-hydrogen) atoms. The van der Waals surface area contributed by atoms with Gasteiger partial charge in [0.05, 0.1) is 27.6 Å². The van der Waals surface area contributed by atoms with E-state index in [4.69, 9.17) is 0 Å². The fourth-order valence-electron chi connectivity index (χ4n) is 3.30. The number of non-ortho nitro benzene ring substituents is 1. The van der Waals surface area contributed by atoms with Gasteiger partial charge in [0.2, 0.25) is 21.7 Å². The summed E-state index contributed by atoms with van der Waals surface area (Å²) in [6, 6.07) is 10.1. The van der Waals surface area contributed by atoms with E-state index in [2.05, 4.69) is 10.3 Å². The Morgan fingerprint density at radius 3 is 2.58 bits per heavy atom. The third-order valence-electron chi connectivity index (χ3n) is 4.98. The first-order valence-corrected chi connectivity index (χ1v) is 11.8. The molecule has 13 heteroatoms. The summed E-state index contributed by atoms with van der Waals surface area (Å²) in [5, 5.41) is 13.3. The smallest absolute Gasteiger partial charge is 0.269 e. The molecule has 1 N–H and O–H groups in total. The van der Waals surface area contributed by atoms with Crippen molar-refractivity contribution >= 4 is 49.5 Å². The zero-order valence-electron chi connectivity index (χ0n) is 16.7. The number of benzene rings is 2. The zero-order valence-corrected chi connectivity index (χ0v) is 18.3. The molecule has 0 unspecified atom stereocenters. The molecule has 1 aromatic heterocycles. The highest BCUT2D eigenvalue weighted by atomic mass is 32.2. The van der Waals surface area contributed by atoms with Crippen LogP contribution >= 0.6 is 11.3 Å². The van der Waals surface area contributed by atoms with Crippen LogP contribution in [0.15, 0.2) is 63.8 Å². The SMILES string of the molecule is O=C(Nc1ncc(S(=O)(=O)c2ccc([N+](=O)[O-])cc2)s1)[C@H]1CC(=O)N(c2ccccc2F)C1. The number of rotatable bonds is 6. The van der Waals surface area contributed by atoms with Crippen LogP contribution in [0, 0.1) is 21.8 Å². The van der Waals surface area contributed by atoms with Crippen molar-refractivity contribution in [1.29, 1.82) is 0 Å². The van der Waals surface area contributed by atoms with Crippen LogP contribution in [0.3, 0.4) is 0 Å². The number of sulfone groups is 1. The minimum Gasteiger partial charge on any atom is -0.309 e. The molecule has 0 bridgehead atoms. The van der Waals surface area contributed by atoms with E-state index in [0.29, 0.717) is 11.3 Å². The number of thiazole rings is 1. The Balaban J connectivity index is 1.46. The molecule has 10 nitrogen and oxygen atoms in total. The average molecular weight is 490 g/mol. The molecule has 1 fully saturated rings. The summed E-state index contributed by atoms with van der Waals surface area (Å²) in [7, 11) is -4.00. The molecule has 4 rings (SSSR count). The van der Waals surface area contributed by atoms with Gasteiger partial charge in [-0.1, -0.05) is 23.5 Å². The molecular weight excluding hydrogens is 475 g/mol. The molecule has 2 aromatic carbocycles. The van der Waals surface area contributed by atoms with Gasteiger partial charge in [0.25, 0.3) is 5.69 Å². The number of carbonyl (C=O) groups is 2. The quantitative estimate of drug-likeness (QED) is 0.414. The molecule has 0 spiro atoms. The molecule has 1 saturated heterocycles. The van der Waals surface area contributed by atoms with Gasteiger partial charge in [0.1, 0.15) is 10.0 Å². The number of amides is 2. The van der Waals surface area contributed by atoms with Gasteiger partial charge in [-0.25, -0.2) is 17.8 Å². The normalized spacial score (nSPS) is 16.1. The summed E-state index contributed by atoms with van der Waals surface area (Å²) in [5.41, 5.74) is -0.162. The van der Waals surface area contributed by atoms with E-state index in [1.165, 1.54) is 23.1 Å². The average Bonchev–Trinajstić information content (AvgIpc) is 3.41. The monoisotopic (exact) mass is 490 g/mol. The Morgan fingerprint density at radius 1 is 1.21 bits per heavy atom. The number of carbonyl (C=O) groups excluding carboxylic acids is 2. The standard InChI is InChI=1S/C20H15FN4O6S2/c21-15-3-1-2-4-16(15)24-11-12(9-17(24)26)19(27)23-20-22-10-18(32-20)33(30,31)14-7-5-13(6-8-14)25(28)29/h1-8,10,12H,9,11H2,(H,22,23,27)/t12-/m0/s1. The first-order valence-electron chi connectivity index (χ1n) is 9.48. The number of para-hydroxylation sites is 1. The Hall–Kier alpha value is -3.71. The minimum absolute atomic E-state index is 0.0114.